The highest BCUT2D eigenvalue weighted by atomic mass is 16.5. The third-order valence-corrected chi connectivity index (χ3v) is 4.32. The highest BCUT2D eigenvalue weighted by molar-refractivity contribution is 5.99. The van der Waals surface area contributed by atoms with E-state index in [0.717, 1.165) is 5.56 Å². The van der Waals surface area contributed by atoms with Gasteiger partial charge in [0, 0.05) is 11.6 Å². The lowest BCUT2D eigenvalue weighted by molar-refractivity contribution is -0.144. The van der Waals surface area contributed by atoms with E-state index >= 15 is 0 Å². The van der Waals surface area contributed by atoms with Crippen LogP contribution in [0.2, 0.25) is 0 Å². The van der Waals surface area contributed by atoms with E-state index in [1.807, 2.05) is 36.4 Å². The quantitative estimate of drug-likeness (QED) is 0.634. The number of rotatable bonds is 5. The Hall–Kier alpha value is -3.61. The third-order valence-electron chi connectivity index (χ3n) is 4.32. The normalized spacial score (nSPS) is 13.4. The Labute approximate surface area is 161 Å². The number of fused-ring (bicyclic) bond motifs is 1. The predicted molar refractivity (Wildman–Crippen MR) is 101 cm³/mol. The van der Waals surface area contributed by atoms with E-state index in [-0.39, 0.29) is 32.1 Å². The standard InChI is InChI=1S/C21H18N2O5/c24-20-10-11-26-18-9-5-4-8-17(18)23(20)13-21(25)27-14-16-12-19(28-22-16)15-6-2-1-3-7-15/h1-9,12H,10-11,13-14H2. The van der Waals surface area contributed by atoms with Crippen molar-refractivity contribution in [3.8, 4) is 17.1 Å². The molecule has 0 fully saturated rings. The fourth-order valence-electron chi connectivity index (χ4n) is 2.94. The van der Waals surface area contributed by atoms with Gasteiger partial charge in [0.05, 0.1) is 18.7 Å². The molecule has 0 saturated heterocycles. The second kappa shape index (κ2) is 7.96. The van der Waals surface area contributed by atoms with Gasteiger partial charge in [-0.15, -0.1) is 0 Å². The number of carbonyl (C=O) groups excluding carboxylic acids is 2. The van der Waals surface area contributed by atoms with Gasteiger partial charge < -0.3 is 14.0 Å². The van der Waals surface area contributed by atoms with E-state index in [0.29, 0.717) is 22.9 Å². The number of esters is 1. The number of para-hydroxylation sites is 2. The summed E-state index contributed by atoms with van der Waals surface area (Å²) in [6.07, 6.45) is 0.200. The van der Waals surface area contributed by atoms with Crippen LogP contribution in [0.1, 0.15) is 12.1 Å². The second-order valence-electron chi connectivity index (χ2n) is 6.26. The van der Waals surface area contributed by atoms with E-state index in [1.165, 1.54) is 4.90 Å². The van der Waals surface area contributed by atoms with Crippen LogP contribution in [0, 0.1) is 0 Å². The molecule has 0 radical (unpaired) electrons. The molecular weight excluding hydrogens is 360 g/mol. The van der Waals surface area contributed by atoms with Crippen molar-refractivity contribution in [2.45, 2.75) is 13.0 Å². The molecule has 1 aliphatic rings. The van der Waals surface area contributed by atoms with Gasteiger partial charge in [-0.3, -0.25) is 14.5 Å². The second-order valence-corrected chi connectivity index (χ2v) is 6.26. The van der Waals surface area contributed by atoms with Crippen LogP contribution in [0.3, 0.4) is 0 Å². The van der Waals surface area contributed by atoms with Crippen LogP contribution in [0.25, 0.3) is 11.3 Å². The molecule has 1 aromatic heterocycles. The lowest BCUT2D eigenvalue weighted by Gasteiger charge is -2.20. The highest BCUT2D eigenvalue weighted by Crippen LogP contribution is 2.30. The first-order chi connectivity index (χ1) is 13.7. The minimum absolute atomic E-state index is 0.0324. The molecule has 0 aliphatic carbocycles. The van der Waals surface area contributed by atoms with Gasteiger partial charge in [0.25, 0.3) is 0 Å². The lowest BCUT2D eigenvalue weighted by atomic mass is 10.2. The largest absolute Gasteiger partial charge is 0.491 e. The zero-order valence-corrected chi connectivity index (χ0v) is 15.0. The van der Waals surface area contributed by atoms with Gasteiger partial charge in [-0.1, -0.05) is 47.6 Å². The molecule has 0 saturated carbocycles. The van der Waals surface area contributed by atoms with E-state index in [9.17, 15) is 9.59 Å². The van der Waals surface area contributed by atoms with Crippen molar-refractivity contribution in [3.05, 3.63) is 66.4 Å². The number of anilines is 1. The van der Waals surface area contributed by atoms with Crippen molar-refractivity contribution in [3.63, 3.8) is 0 Å². The molecule has 0 N–H and O–H groups in total. The zero-order valence-electron chi connectivity index (χ0n) is 15.0. The van der Waals surface area contributed by atoms with Crippen molar-refractivity contribution < 1.29 is 23.6 Å². The maximum Gasteiger partial charge on any atom is 0.326 e. The molecule has 7 nitrogen and oxygen atoms in total. The van der Waals surface area contributed by atoms with Crippen LogP contribution in [0.4, 0.5) is 5.69 Å². The number of carbonyl (C=O) groups is 2. The molecule has 0 unspecified atom stereocenters. The van der Waals surface area contributed by atoms with E-state index in [2.05, 4.69) is 5.16 Å². The summed E-state index contributed by atoms with van der Waals surface area (Å²) >= 11 is 0. The van der Waals surface area contributed by atoms with Crippen molar-refractivity contribution in [2.24, 2.45) is 0 Å². The Morgan fingerprint density at radius 3 is 2.75 bits per heavy atom. The smallest absolute Gasteiger partial charge is 0.326 e. The zero-order chi connectivity index (χ0) is 19.3. The number of amides is 1. The molecule has 28 heavy (non-hydrogen) atoms. The molecule has 0 spiro atoms. The van der Waals surface area contributed by atoms with Crippen molar-refractivity contribution in [1.82, 2.24) is 5.16 Å². The Balaban J connectivity index is 1.40. The topological polar surface area (TPSA) is 81.9 Å². The van der Waals surface area contributed by atoms with Gasteiger partial charge in [-0.05, 0) is 12.1 Å². The molecule has 142 valence electrons. The Bertz CT molecular complexity index is 983. The summed E-state index contributed by atoms with van der Waals surface area (Å²) in [5.74, 6) is 0.453. The Kier molecular flexibility index (Phi) is 5.05. The molecule has 4 rings (SSSR count). The van der Waals surface area contributed by atoms with Crippen molar-refractivity contribution >= 4 is 17.6 Å². The molecular formula is C21H18N2O5. The summed E-state index contributed by atoms with van der Waals surface area (Å²) in [7, 11) is 0. The summed E-state index contributed by atoms with van der Waals surface area (Å²) in [6.45, 7) is 0.0561. The Morgan fingerprint density at radius 2 is 1.89 bits per heavy atom. The van der Waals surface area contributed by atoms with Crippen molar-refractivity contribution in [2.75, 3.05) is 18.1 Å². The number of ether oxygens (including phenoxy) is 2. The molecule has 2 aromatic carbocycles. The van der Waals surface area contributed by atoms with Gasteiger partial charge in [0.1, 0.15) is 24.6 Å². The summed E-state index contributed by atoms with van der Waals surface area (Å²) < 4.78 is 16.1. The molecule has 0 bridgehead atoms. The molecule has 1 aliphatic heterocycles. The van der Waals surface area contributed by atoms with E-state index < -0.39 is 5.97 Å². The maximum absolute atomic E-state index is 12.4. The van der Waals surface area contributed by atoms with Crippen LogP contribution in [0.15, 0.2) is 65.2 Å². The van der Waals surface area contributed by atoms with Gasteiger partial charge in [-0.25, -0.2) is 0 Å². The first-order valence-electron chi connectivity index (χ1n) is 8.89. The molecule has 3 aromatic rings. The number of hydrogen-bond donors (Lipinski definition) is 0. The molecule has 7 heteroatoms. The number of hydrogen-bond acceptors (Lipinski definition) is 6. The minimum atomic E-state index is -0.533. The van der Waals surface area contributed by atoms with Gasteiger partial charge >= 0.3 is 5.97 Å². The predicted octanol–water partition coefficient (Wildman–Crippen LogP) is 3.20. The summed E-state index contributed by atoms with van der Waals surface area (Å²) in [5, 5.41) is 3.92. The average Bonchev–Trinajstić information content (AvgIpc) is 3.15. The Morgan fingerprint density at radius 1 is 1.11 bits per heavy atom. The van der Waals surface area contributed by atoms with Gasteiger partial charge in [0.15, 0.2) is 5.76 Å². The summed E-state index contributed by atoms with van der Waals surface area (Å²) in [5.41, 5.74) is 1.95. The monoisotopic (exact) mass is 378 g/mol. The highest BCUT2D eigenvalue weighted by Gasteiger charge is 2.25. The maximum atomic E-state index is 12.4. The lowest BCUT2D eigenvalue weighted by Crippen LogP contribution is -2.36. The van der Waals surface area contributed by atoms with Crippen molar-refractivity contribution in [1.29, 1.82) is 0 Å². The number of nitrogens with zero attached hydrogens (tertiary/aromatic N) is 2. The number of aromatic nitrogens is 1. The van der Waals surface area contributed by atoms with Crippen LogP contribution < -0.4 is 9.64 Å². The van der Waals surface area contributed by atoms with E-state index in [1.54, 1.807) is 24.3 Å². The first kappa shape index (κ1) is 17.8. The molecule has 0 atom stereocenters. The van der Waals surface area contributed by atoms with Gasteiger partial charge in [0.2, 0.25) is 5.91 Å². The average molecular weight is 378 g/mol. The number of benzene rings is 2. The summed E-state index contributed by atoms with van der Waals surface area (Å²) in [6, 6.07) is 18.4. The van der Waals surface area contributed by atoms with E-state index in [4.69, 9.17) is 14.0 Å². The third kappa shape index (κ3) is 3.88. The molecule has 1 amide bonds. The fourth-order valence-corrected chi connectivity index (χ4v) is 2.94. The van der Waals surface area contributed by atoms with Crippen LogP contribution >= 0.6 is 0 Å². The summed E-state index contributed by atoms with van der Waals surface area (Å²) in [4.78, 5) is 26.1. The van der Waals surface area contributed by atoms with Crippen LogP contribution in [0.5, 0.6) is 5.75 Å². The SMILES string of the molecule is O=C(CN1C(=O)CCOc2ccccc21)OCc1cc(-c2ccccc2)on1. The minimum Gasteiger partial charge on any atom is -0.491 e. The fraction of sp³-hybridized carbons (Fsp3) is 0.190. The van der Waals surface area contributed by atoms with Crippen LogP contribution in [-0.2, 0) is 20.9 Å². The van der Waals surface area contributed by atoms with Crippen LogP contribution in [-0.4, -0.2) is 30.2 Å². The molecule has 2 heterocycles. The van der Waals surface area contributed by atoms with Gasteiger partial charge in [-0.2, -0.15) is 0 Å². The first-order valence-corrected chi connectivity index (χ1v) is 8.89.